The van der Waals surface area contributed by atoms with Gasteiger partial charge in [0, 0.05) is 24.2 Å². The number of carbonyl (C=O) groups is 2. The third kappa shape index (κ3) is 4.37. The van der Waals surface area contributed by atoms with Gasteiger partial charge in [-0.05, 0) is 25.3 Å². The van der Waals surface area contributed by atoms with Crippen LogP contribution in [0.3, 0.4) is 0 Å². The number of benzene rings is 1. The zero-order valence-electron chi connectivity index (χ0n) is 15.3. The van der Waals surface area contributed by atoms with Gasteiger partial charge in [0.2, 0.25) is 0 Å². The number of aromatic nitrogens is 2. The van der Waals surface area contributed by atoms with Gasteiger partial charge in [0.05, 0.1) is 12.1 Å². The Hall–Kier alpha value is -2.77. The number of ketones is 1. The summed E-state index contributed by atoms with van der Waals surface area (Å²) in [4.78, 5) is 31.2. The summed E-state index contributed by atoms with van der Waals surface area (Å²) >= 11 is 0. The highest BCUT2D eigenvalue weighted by molar-refractivity contribution is 5.99. The van der Waals surface area contributed by atoms with E-state index < -0.39 is 24.4 Å². The lowest BCUT2D eigenvalue weighted by Gasteiger charge is -2.42. The highest BCUT2D eigenvalue weighted by atomic mass is 19.4. The van der Waals surface area contributed by atoms with Gasteiger partial charge in [-0.15, -0.1) is 0 Å². The summed E-state index contributed by atoms with van der Waals surface area (Å²) in [6, 6.07) is 8.39. The van der Waals surface area contributed by atoms with Crippen LogP contribution in [0.5, 0.6) is 0 Å². The molecule has 1 saturated carbocycles. The zero-order valence-corrected chi connectivity index (χ0v) is 15.3. The second-order valence-corrected chi connectivity index (χ2v) is 7.17. The van der Waals surface area contributed by atoms with Crippen LogP contribution in [0.1, 0.15) is 46.6 Å². The van der Waals surface area contributed by atoms with E-state index in [0.717, 1.165) is 19.3 Å². The van der Waals surface area contributed by atoms with Crippen LogP contribution in [0.25, 0.3) is 0 Å². The zero-order chi connectivity index (χ0) is 20.4. The van der Waals surface area contributed by atoms with Crippen LogP contribution in [0.2, 0.25) is 0 Å². The number of halogens is 3. The maximum absolute atomic E-state index is 12.2. The maximum atomic E-state index is 12.2. The van der Waals surface area contributed by atoms with E-state index in [1.165, 1.54) is 23.5 Å². The van der Waals surface area contributed by atoms with Gasteiger partial charge in [0.15, 0.2) is 5.78 Å². The molecule has 5 nitrogen and oxygen atoms in total. The van der Waals surface area contributed by atoms with E-state index in [4.69, 9.17) is 0 Å². The molecule has 2 aromatic rings. The number of hydrogen-bond acceptors (Lipinski definition) is 4. The molecule has 0 bridgehead atoms. The van der Waals surface area contributed by atoms with E-state index in [2.05, 4.69) is 34.2 Å². The average Bonchev–Trinajstić information content (AvgIpc) is 2.63. The number of nitrogens with zero attached hydrogens (tertiary/aromatic N) is 2. The fourth-order valence-electron chi connectivity index (χ4n) is 3.33. The minimum Gasteiger partial charge on any atom is -0.341 e. The number of carbonyl (C=O) groups excluding carboxylic acids is 2. The van der Waals surface area contributed by atoms with E-state index >= 15 is 0 Å². The summed E-state index contributed by atoms with van der Waals surface area (Å²) in [6.07, 6.45) is 1.40. The highest BCUT2D eigenvalue weighted by Crippen LogP contribution is 2.45. The predicted octanol–water partition coefficient (Wildman–Crippen LogP) is 3.31. The van der Waals surface area contributed by atoms with Crippen LogP contribution in [-0.2, 0) is 16.6 Å². The Morgan fingerprint density at radius 1 is 1.11 bits per heavy atom. The van der Waals surface area contributed by atoms with E-state index in [1.807, 2.05) is 6.92 Å². The number of amides is 1. The predicted molar refractivity (Wildman–Crippen MR) is 95.8 cm³/mol. The van der Waals surface area contributed by atoms with Crippen molar-refractivity contribution in [2.75, 3.05) is 6.54 Å². The summed E-state index contributed by atoms with van der Waals surface area (Å²) in [7, 11) is 0. The number of nitrogens with one attached hydrogen (secondary N) is 1. The number of hydrogen-bond donors (Lipinski definition) is 1. The van der Waals surface area contributed by atoms with Crippen LogP contribution >= 0.6 is 0 Å². The molecular weight excluding hydrogens is 371 g/mol. The standard InChI is InChI=1S/C20H20F3N3O2/c1-13-3-5-15(6-4-13)19(7-2-8-19)9-17-24-10-14(11-25-17)16(27)12-26-18(28)20(21,22)23/h3-6,10-11H,2,7-9,12H2,1H3,(H,26,28). The molecule has 1 N–H and O–H groups in total. The van der Waals surface area contributed by atoms with E-state index in [0.29, 0.717) is 12.2 Å². The average molecular weight is 391 g/mol. The number of aryl methyl sites for hydroxylation is 1. The molecule has 1 fully saturated rings. The first kappa shape index (κ1) is 20.0. The molecular formula is C20H20F3N3O2. The van der Waals surface area contributed by atoms with E-state index in [1.54, 1.807) is 5.32 Å². The van der Waals surface area contributed by atoms with Crippen LogP contribution in [-0.4, -0.2) is 34.4 Å². The topological polar surface area (TPSA) is 72.0 Å². The maximum Gasteiger partial charge on any atom is 0.471 e. The van der Waals surface area contributed by atoms with Crippen molar-refractivity contribution in [1.82, 2.24) is 15.3 Å². The molecule has 1 aromatic heterocycles. The molecule has 0 spiro atoms. The Labute approximate surface area is 160 Å². The van der Waals surface area contributed by atoms with Gasteiger partial charge in [-0.2, -0.15) is 13.2 Å². The first-order valence-corrected chi connectivity index (χ1v) is 8.96. The van der Waals surface area contributed by atoms with Crippen molar-refractivity contribution in [3.63, 3.8) is 0 Å². The lowest BCUT2D eigenvalue weighted by atomic mass is 9.62. The van der Waals surface area contributed by atoms with Crippen molar-refractivity contribution in [1.29, 1.82) is 0 Å². The van der Waals surface area contributed by atoms with Gasteiger partial charge in [0.1, 0.15) is 5.82 Å². The monoisotopic (exact) mass is 391 g/mol. The fourth-order valence-corrected chi connectivity index (χ4v) is 3.33. The minimum absolute atomic E-state index is 0.0140. The van der Waals surface area contributed by atoms with Gasteiger partial charge in [-0.25, -0.2) is 9.97 Å². The van der Waals surface area contributed by atoms with Gasteiger partial charge in [-0.1, -0.05) is 36.2 Å². The van der Waals surface area contributed by atoms with Crippen LogP contribution in [0.15, 0.2) is 36.7 Å². The molecule has 0 saturated heterocycles. The third-order valence-electron chi connectivity index (χ3n) is 5.17. The summed E-state index contributed by atoms with van der Waals surface area (Å²) in [5.41, 5.74) is 2.47. The van der Waals surface area contributed by atoms with Gasteiger partial charge in [-0.3, -0.25) is 9.59 Å². The molecule has 0 unspecified atom stereocenters. The van der Waals surface area contributed by atoms with Crippen molar-refractivity contribution in [2.24, 2.45) is 0 Å². The molecule has 0 aliphatic heterocycles. The Balaban J connectivity index is 1.65. The van der Waals surface area contributed by atoms with Crippen molar-refractivity contribution in [3.8, 4) is 0 Å². The molecule has 8 heteroatoms. The van der Waals surface area contributed by atoms with Crippen molar-refractivity contribution in [3.05, 3.63) is 59.2 Å². The molecule has 148 valence electrons. The second-order valence-electron chi connectivity index (χ2n) is 7.17. The molecule has 0 radical (unpaired) electrons. The summed E-state index contributed by atoms with van der Waals surface area (Å²) in [5, 5.41) is 1.55. The molecule has 1 amide bonds. The first-order valence-electron chi connectivity index (χ1n) is 8.96. The molecule has 1 heterocycles. The SMILES string of the molecule is Cc1ccc(C2(Cc3ncc(C(=O)CNC(=O)C(F)(F)F)cn3)CCC2)cc1. The summed E-state index contributed by atoms with van der Waals surface area (Å²) < 4.78 is 36.5. The third-order valence-corrected chi connectivity index (χ3v) is 5.17. The van der Waals surface area contributed by atoms with Crippen LogP contribution in [0.4, 0.5) is 13.2 Å². The normalized spacial score (nSPS) is 15.6. The highest BCUT2D eigenvalue weighted by Gasteiger charge is 2.40. The lowest BCUT2D eigenvalue weighted by molar-refractivity contribution is -0.173. The van der Waals surface area contributed by atoms with Crippen molar-refractivity contribution < 1.29 is 22.8 Å². The van der Waals surface area contributed by atoms with Crippen molar-refractivity contribution in [2.45, 2.75) is 44.2 Å². The van der Waals surface area contributed by atoms with Gasteiger partial charge >= 0.3 is 12.1 Å². The number of alkyl halides is 3. The van der Waals surface area contributed by atoms with E-state index in [-0.39, 0.29) is 11.0 Å². The van der Waals surface area contributed by atoms with Crippen LogP contribution in [0, 0.1) is 6.92 Å². The lowest BCUT2D eigenvalue weighted by Crippen LogP contribution is -2.39. The molecule has 3 rings (SSSR count). The Bertz CT molecular complexity index is 858. The van der Waals surface area contributed by atoms with Crippen LogP contribution < -0.4 is 5.32 Å². The summed E-state index contributed by atoms with van der Waals surface area (Å²) in [6.45, 7) is 1.28. The fraction of sp³-hybridized carbons (Fsp3) is 0.400. The van der Waals surface area contributed by atoms with Gasteiger partial charge < -0.3 is 5.32 Å². The molecule has 1 aliphatic carbocycles. The first-order chi connectivity index (χ1) is 13.2. The molecule has 1 aromatic carbocycles. The largest absolute Gasteiger partial charge is 0.471 e. The number of Topliss-reactive ketones (excluding diaryl/α,β-unsaturated/α-hetero) is 1. The smallest absolute Gasteiger partial charge is 0.341 e. The molecule has 1 aliphatic rings. The Morgan fingerprint density at radius 2 is 1.71 bits per heavy atom. The quantitative estimate of drug-likeness (QED) is 0.767. The Morgan fingerprint density at radius 3 is 2.21 bits per heavy atom. The van der Waals surface area contributed by atoms with E-state index in [9.17, 15) is 22.8 Å². The summed E-state index contributed by atoms with van der Waals surface area (Å²) in [5.74, 6) is -2.25. The minimum atomic E-state index is -5.02. The second kappa shape index (κ2) is 7.69. The number of rotatable bonds is 6. The molecule has 28 heavy (non-hydrogen) atoms. The Kier molecular flexibility index (Phi) is 5.49. The van der Waals surface area contributed by atoms with Gasteiger partial charge in [0.25, 0.3) is 0 Å². The van der Waals surface area contributed by atoms with Crippen molar-refractivity contribution >= 4 is 11.7 Å². The molecule has 0 atom stereocenters.